The lowest BCUT2D eigenvalue weighted by molar-refractivity contribution is -0.120. The minimum absolute atomic E-state index is 0.104. The maximum Gasteiger partial charge on any atom is 0.251 e. The van der Waals surface area contributed by atoms with E-state index in [-0.39, 0.29) is 24.8 Å². The number of anilines is 1. The number of hydrogen-bond donors (Lipinski definition) is 3. The summed E-state index contributed by atoms with van der Waals surface area (Å²) in [5.74, 6) is -0.442. The highest BCUT2D eigenvalue weighted by molar-refractivity contribution is 5.94. The van der Waals surface area contributed by atoms with Crippen LogP contribution in [-0.4, -0.2) is 41.8 Å². The Morgan fingerprint density at radius 1 is 0.818 bits per heavy atom. The van der Waals surface area contributed by atoms with Crippen molar-refractivity contribution in [2.75, 3.05) is 11.9 Å². The molecule has 0 saturated carbocycles. The number of benzene rings is 3. The van der Waals surface area contributed by atoms with Crippen molar-refractivity contribution in [2.24, 2.45) is 0 Å². The van der Waals surface area contributed by atoms with Gasteiger partial charge in [-0.25, -0.2) is 0 Å². The fourth-order valence-electron chi connectivity index (χ4n) is 3.73. The molecule has 33 heavy (non-hydrogen) atoms. The smallest absolute Gasteiger partial charge is 0.251 e. The first-order valence-corrected chi connectivity index (χ1v) is 10.9. The molecule has 3 aromatic rings. The van der Waals surface area contributed by atoms with E-state index in [4.69, 9.17) is 4.74 Å². The first-order chi connectivity index (χ1) is 16.1. The zero-order chi connectivity index (χ0) is 23.0. The zero-order valence-corrected chi connectivity index (χ0v) is 18.1. The lowest BCUT2D eigenvalue weighted by atomic mass is 10.0. The molecule has 3 atom stereocenters. The fraction of sp³-hybridized carbons (Fsp3) is 0.185. The van der Waals surface area contributed by atoms with E-state index in [1.165, 1.54) is 0 Å². The van der Waals surface area contributed by atoms with Gasteiger partial charge in [0.05, 0.1) is 25.2 Å². The van der Waals surface area contributed by atoms with Gasteiger partial charge >= 0.3 is 0 Å². The fourth-order valence-corrected chi connectivity index (χ4v) is 3.73. The first kappa shape index (κ1) is 22.5. The molecule has 4 rings (SSSR count). The van der Waals surface area contributed by atoms with Crippen LogP contribution in [0.1, 0.15) is 16.8 Å². The van der Waals surface area contributed by atoms with Crippen molar-refractivity contribution in [1.29, 1.82) is 0 Å². The molecular weight excluding hydrogens is 416 g/mol. The molecule has 0 bridgehead atoms. The van der Waals surface area contributed by atoms with E-state index in [1.807, 2.05) is 60.7 Å². The quantitative estimate of drug-likeness (QED) is 0.486. The van der Waals surface area contributed by atoms with E-state index in [0.29, 0.717) is 11.3 Å². The van der Waals surface area contributed by atoms with Gasteiger partial charge in [-0.2, -0.15) is 0 Å². The number of nitrogens with one attached hydrogen (secondary N) is 2. The van der Waals surface area contributed by atoms with E-state index >= 15 is 0 Å². The number of ether oxygens (including phenoxy) is 1. The molecule has 0 aliphatic carbocycles. The minimum atomic E-state index is -0.634. The SMILES string of the molecule is O=C(C[C@@H]1C=C[C@@H](NC(=O)c2ccccc2)[C@H](CO)O1)Nc1ccc(-c2ccccc2)cc1. The van der Waals surface area contributed by atoms with Crippen molar-refractivity contribution in [3.05, 3.63) is 103 Å². The average molecular weight is 443 g/mol. The largest absolute Gasteiger partial charge is 0.394 e. The molecule has 2 amide bonds. The first-order valence-electron chi connectivity index (χ1n) is 10.9. The molecule has 1 aliphatic rings. The number of aliphatic hydroxyl groups excluding tert-OH is 1. The molecule has 6 heteroatoms. The van der Waals surface area contributed by atoms with Crippen LogP contribution >= 0.6 is 0 Å². The summed E-state index contributed by atoms with van der Waals surface area (Å²) in [4.78, 5) is 24.9. The van der Waals surface area contributed by atoms with Crippen LogP contribution in [0.25, 0.3) is 11.1 Å². The highest BCUT2D eigenvalue weighted by atomic mass is 16.5. The molecule has 0 fully saturated rings. The standard InChI is InChI=1S/C27H26N2O4/c30-18-25-24(29-27(32)21-9-5-2-6-10-21)16-15-23(33-25)17-26(31)28-22-13-11-20(12-14-22)19-7-3-1-4-8-19/h1-16,23-25,30H,17-18H2,(H,28,31)(H,29,32)/t23-,24+,25-/m0/s1. The van der Waals surface area contributed by atoms with Crippen molar-refractivity contribution >= 4 is 17.5 Å². The van der Waals surface area contributed by atoms with Crippen molar-refractivity contribution in [2.45, 2.75) is 24.7 Å². The molecule has 3 N–H and O–H groups in total. The highest BCUT2D eigenvalue weighted by Gasteiger charge is 2.29. The predicted octanol–water partition coefficient (Wildman–Crippen LogP) is 3.80. The van der Waals surface area contributed by atoms with Crippen molar-refractivity contribution < 1.29 is 19.4 Å². The minimum Gasteiger partial charge on any atom is -0.394 e. The second-order valence-electron chi connectivity index (χ2n) is 7.84. The maximum absolute atomic E-state index is 12.5. The second-order valence-corrected chi connectivity index (χ2v) is 7.84. The van der Waals surface area contributed by atoms with Gasteiger partial charge in [0.1, 0.15) is 6.10 Å². The van der Waals surface area contributed by atoms with Crippen LogP contribution in [0.3, 0.4) is 0 Å². The van der Waals surface area contributed by atoms with Gasteiger partial charge in [-0.1, -0.05) is 72.8 Å². The van der Waals surface area contributed by atoms with E-state index in [2.05, 4.69) is 10.6 Å². The maximum atomic E-state index is 12.5. The third-order valence-electron chi connectivity index (χ3n) is 5.46. The van der Waals surface area contributed by atoms with Gasteiger partial charge in [0.15, 0.2) is 0 Å². The normalized spacial score (nSPS) is 19.6. The van der Waals surface area contributed by atoms with E-state index in [9.17, 15) is 14.7 Å². The van der Waals surface area contributed by atoms with Gasteiger partial charge in [-0.3, -0.25) is 9.59 Å². The molecule has 6 nitrogen and oxygen atoms in total. The van der Waals surface area contributed by atoms with Crippen molar-refractivity contribution in [3.63, 3.8) is 0 Å². The van der Waals surface area contributed by atoms with Crippen LogP contribution < -0.4 is 10.6 Å². The molecule has 168 valence electrons. The van der Waals surface area contributed by atoms with Gasteiger partial charge in [-0.05, 0) is 35.4 Å². The number of rotatable bonds is 7. The average Bonchev–Trinajstić information content (AvgIpc) is 2.86. The second kappa shape index (κ2) is 10.7. The summed E-state index contributed by atoms with van der Waals surface area (Å²) >= 11 is 0. The van der Waals surface area contributed by atoms with Gasteiger partial charge in [-0.15, -0.1) is 0 Å². The summed E-state index contributed by atoms with van der Waals surface area (Å²) in [6.45, 7) is -0.275. The summed E-state index contributed by atoms with van der Waals surface area (Å²) in [5.41, 5.74) is 3.41. The van der Waals surface area contributed by atoms with Crippen LogP contribution in [0.2, 0.25) is 0 Å². The number of amides is 2. The van der Waals surface area contributed by atoms with Crippen LogP contribution in [0.15, 0.2) is 97.1 Å². The molecule has 1 heterocycles. The summed E-state index contributed by atoms with van der Waals surface area (Å²) in [6, 6.07) is 26.0. The zero-order valence-electron chi connectivity index (χ0n) is 18.1. The van der Waals surface area contributed by atoms with Crippen LogP contribution in [0, 0.1) is 0 Å². The Balaban J connectivity index is 1.32. The monoisotopic (exact) mass is 442 g/mol. The third-order valence-corrected chi connectivity index (χ3v) is 5.46. The number of carbonyl (C=O) groups is 2. The Morgan fingerprint density at radius 3 is 2.12 bits per heavy atom. The van der Waals surface area contributed by atoms with Gasteiger partial charge in [0.2, 0.25) is 5.91 Å². The Morgan fingerprint density at radius 2 is 1.45 bits per heavy atom. The van der Waals surface area contributed by atoms with Gasteiger partial charge in [0.25, 0.3) is 5.91 Å². The van der Waals surface area contributed by atoms with E-state index < -0.39 is 18.2 Å². The Kier molecular flexibility index (Phi) is 7.29. The van der Waals surface area contributed by atoms with Crippen molar-refractivity contribution in [3.8, 4) is 11.1 Å². The van der Waals surface area contributed by atoms with Crippen LogP contribution in [0.4, 0.5) is 5.69 Å². The summed E-state index contributed by atoms with van der Waals surface area (Å²) in [6.07, 6.45) is 2.51. The van der Waals surface area contributed by atoms with Crippen molar-refractivity contribution in [1.82, 2.24) is 5.32 Å². The number of aliphatic hydroxyl groups is 1. The van der Waals surface area contributed by atoms with Gasteiger partial charge in [0, 0.05) is 11.3 Å². The highest BCUT2D eigenvalue weighted by Crippen LogP contribution is 2.22. The number of carbonyl (C=O) groups excluding carboxylic acids is 2. The molecule has 0 saturated heterocycles. The van der Waals surface area contributed by atoms with Gasteiger partial charge < -0.3 is 20.5 Å². The molecule has 3 aromatic carbocycles. The van der Waals surface area contributed by atoms with Crippen LogP contribution in [0.5, 0.6) is 0 Å². The molecule has 0 radical (unpaired) electrons. The third kappa shape index (κ3) is 5.94. The molecule has 0 unspecified atom stereocenters. The molecule has 0 aromatic heterocycles. The van der Waals surface area contributed by atoms with Crippen LogP contribution in [-0.2, 0) is 9.53 Å². The Hall–Kier alpha value is -3.74. The summed E-state index contributed by atoms with van der Waals surface area (Å²) in [7, 11) is 0. The Bertz CT molecular complexity index is 1100. The lowest BCUT2D eigenvalue weighted by Crippen LogP contribution is -2.48. The molecular formula is C27H26N2O4. The predicted molar refractivity (Wildman–Crippen MR) is 128 cm³/mol. The Labute approximate surface area is 192 Å². The molecule has 0 spiro atoms. The summed E-state index contributed by atoms with van der Waals surface area (Å²) in [5, 5.41) is 15.5. The topological polar surface area (TPSA) is 87.7 Å². The van der Waals surface area contributed by atoms with E-state index in [1.54, 1.807) is 36.4 Å². The van der Waals surface area contributed by atoms with E-state index in [0.717, 1.165) is 11.1 Å². The number of hydrogen-bond acceptors (Lipinski definition) is 4. The summed E-state index contributed by atoms with van der Waals surface area (Å²) < 4.78 is 5.86. The lowest BCUT2D eigenvalue weighted by Gasteiger charge is -2.31. The molecule has 1 aliphatic heterocycles.